The van der Waals surface area contributed by atoms with Gasteiger partial charge in [0.05, 0.1) is 0 Å². The summed E-state index contributed by atoms with van der Waals surface area (Å²) < 4.78 is 0. The van der Waals surface area contributed by atoms with Gasteiger partial charge in [-0.25, -0.2) is 0 Å². The van der Waals surface area contributed by atoms with Crippen molar-refractivity contribution in [2.45, 2.75) is 47.0 Å². The Morgan fingerprint density at radius 3 is 2.20 bits per heavy atom. The lowest BCUT2D eigenvalue weighted by molar-refractivity contribution is 0.411. The molecule has 0 amide bonds. The zero-order valence-electron chi connectivity index (χ0n) is 10.4. The maximum Gasteiger partial charge on any atom is 0.0443 e. The first-order valence-corrected chi connectivity index (χ1v) is 5.96. The number of rotatable bonds is 2. The van der Waals surface area contributed by atoms with Crippen molar-refractivity contribution in [3.63, 3.8) is 0 Å². The Hall–Kier alpha value is -0.490. The number of benzene rings is 1. The zero-order valence-corrected chi connectivity index (χ0v) is 11.2. The molecule has 0 aliphatic rings. The molecule has 0 N–H and O–H groups in total. The van der Waals surface area contributed by atoms with Crippen molar-refractivity contribution in [2.75, 3.05) is 0 Å². The molecular formula is C14H21Cl. The van der Waals surface area contributed by atoms with Crippen molar-refractivity contribution < 1.29 is 0 Å². The van der Waals surface area contributed by atoms with Crippen molar-refractivity contribution in [3.8, 4) is 0 Å². The molecule has 0 spiro atoms. The highest BCUT2D eigenvalue weighted by Gasteiger charge is 2.13. The van der Waals surface area contributed by atoms with Crippen molar-refractivity contribution in [1.82, 2.24) is 0 Å². The highest BCUT2D eigenvalue weighted by Crippen LogP contribution is 2.28. The fourth-order valence-corrected chi connectivity index (χ4v) is 2.18. The molecule has 1 aromatic rings. The Kier molecular flexibility index (Phi) is 3.83. The van der Waals surface area contributed by atoms with Crippen LogP contribution in [0.2, 0.25) is 5.02 Å². The normalized spacial score (nSPS) is 12.2. The molecule has 1 aromatic carbocycles. The standard InChI is InChI=1S/C14H21Cl/c1-10(2)12-7-6-11(8-13(12)15)9-14(3,4)5/h6-8,10H,9H2,1-5H3. The molecule has 0 saturated heterocycles. The van der Waals surface area contributed by atoms with E-state index >= 15 is 0 Å². The van der Waals surface area contributed by atoms with Crippen LogP contribution in [0.1, 0.15) is 51.7 Å². The van der Waals surface area contributed by atoms with Crippen LogP contribution >= 0.6 is 11.6 Å². The van der Waals surface area contributed by atoms with E-state index in [1.807, 2.05) is 0 Å². The van der Waals surface area contributed by atoms with Gasteiger partial charge >= 0.3 is 0 Å². The maximum atomic E-state index is 6.25. The summed E-state index contributed by atoms with van der Waals surface area (Å²) >= 11 is 6.25. The summed E-state index contributed by atoms with van der Waals surface area (Å²) in [5.41, 5.74) is 2.90. The Balaban J connectivity index is 2.92. The zero-order chi connectivity index (χ0) is 11.6. The van der Waals surface area contributed by atoms with Crippen molar-refractivity contribution in [3.05, 3.63) is 34.3 Å². The summed E-state index contributed by atoms with van der Waals surface area (Å²) in [7, 11) is 0. The van der Waals surface area contributed by atoms with Gasteiger partial charge < -0.3 is 0 Å². The molecule has 0 unspecified atom stereocenters. The first-order valence-electron chi connectivity index (χ1n) is 5.58. The lowest BCUT2D eigenvalue weighted by Crippen LogP contribution is -2.09. The largest absolute Gasteiger partial charge is 0.0840 e. The molecule has 1 rings (SSSR count). The highest BCUT2D eigenvalue weighted by molar-refractivity contribution is 6.31. The Morgan fingerprint density at radius 1 is 1.20 bits per heavy atom. The molecule has 0 heterocycles. The molecule has 0 aromatic heterocycles. The van der Waals surface area contributed by atoms with Crippen LogP contribution < -0.4 is 0 Å². The molecule has 1 heteroatoms. The molecular weight excluding hydrogens is 204 g/mol. The molecule has 0 aliphatic carbocycles. The summed E-state index contributed by atoms with van der Waals surface area (Å²) in [4.78, 5) is 0. The lowest BCUT2D eigenvalue weighted by atomic mass is 9.87. The third-order valence-corrected chi connectivity index (χ3v) is 2.75. The number of hydrogen-bond acceptors (Lipinski definition) is 0. The summed E-state index contributed by atoms with van der Waals surface area (Å²) in [6.45, 7) is 11.1. The fourth-order valence-electron chi connectivity index (χ4n) is 1.76. The SMILES string of the molecule is CC(C)c1ccc(CC(C)(C)C)cc1Cl. The third-order valence-electron chi connectivity index (χ3n) is 2.42. The predicted octanol–water partition coefficient (Wildman–Crippen LogP) is 5.05. The minimum atomic E-state index is 0.322. The quantitative estimate of drug-likeness (QED) is 0.659. The van der Waals surface area contributed by atoms with Crippen molar-refractivity contribution in [2.24, 2.45) is 5.41 Å². The van der Waals surface area contributed by atoms with Gasteiger partial charge in [-0.15, -0.1) is 0 Å². The minimum Gasteiger partial charge on any atom is -0.0840 e. The van der Waals surface area contributed by atoms with E-state index in [2.05, 4.69) is 52.8 Å². The van der Waals surface area contributed by atoms with Crippen molar-refractivity contribution >= 4 is 11.6 Å². The molecule has 15 heavy (non-hydrogen) atoms. The van der Waals surface area contributed by atoms with Crippen LogP contribution in [-0.2, 0) is 6.42 Å². The van der Waals surface area contributed by atoms with E-state index < -0.39 is 0 Å². The van der Waals surface area contributed by atoms with Gasteiger partial charge in [0.25, 0.3) is 0 Å². The van der Waals surface area contributed by atoms with Crippen LogP contribution in [0.3, 0.4) is 0 Å². The van der Waals surface area contributed by atoms with Crippen LogP contribution in [0.15, 0.2) is 18.2 Å². The Morgan fingerprint density at radius 2 is 1.80 bits per heavy atom. The molecule has 0 saturated carbocycles. The van der Waals surface area contributed by atoms with E-state index in [1.165, 1.54) is 11.1 Å². The molecule has 0 bridgehead atoms. The van der Waals surface area contributed by atoms with Gasteiger partial charge in [-0.2, -0.15) is 0 Å². The average Bonchev–Trinajstić information content (AvgIpc) is 1.99. The van der Waals surface area contributed by atoms with Gasteiger partial charge in [-0.3, -0.25) is 0 Å². The third kappa shape index (κ3) is 3.87. The second-order valence-corrected chi connectivity index (χ2v) is 6.16. The molecule has 0 aliphatic heterocycles. The topological polar surface area (TPSA) is 0 Å². The minimum absolute atomic E-state index is 0.322. The van der Waals surface area contributed by atoms with Gasteiger partial charge in [-0.05, 0) is 34.9 Å². The Labute approximate surface area is 98.7 Å². The second kappa shape index (κ2) is 4.57. The van der Waals surface area contributed by atoms with Gasteiger partial charge in [-0.1, -0.05) is 58.4 Å². The molecule has 0 fully saturated rings. The molecule has 0 radical (unpaired) electrons. The maximum absolute atomic E-state index is 6.25. The van der Waals surface area contributed by atoms with Gasteiger partial charge in [0, 0.05) is 5.02 Å². The van der Waals surface area contributed by atoms with Gasteiger partial charge in [0.2, 0.25) is 0 Å². The summed E-state index contributed by atoms with van der Waals surface area (Å²) in [5.74, 6) is 0.501. The summed E-state index contributed by atoms with van der Waals surface area (Å²) in [5, 5.41) is 0.909. The van der Waals surface area contributed by atoms with E-state index in [0.717, 1.165) is 11.4 Å². The van der Waals surface area contributed by atoms with E-state index in [4.69, 9.17) is 11.6 Å². The fraction of sp³-hybridized carbons (Fsp3) is 0.571. The average molecular weight is 225 g/mol. The monoisotopic (exact) mass is 224 g/mol. The van der Waals surface area contributed by atoms with Crippen LogP contribution in [-0.4, -0.2) is 0 Å². The lowest BCUT2D eigenvalue weighted by Gasteiger charge is -2.19. The molecule has 84 valence electrons. The first-order chi connectivity index (χ1) is 6.79. The highest BCUT2D eigenvalue weighted by atomic mass is 35.5. The van der Waals surface area contributed by atoms with Crippen LogP contribution in [0, 0.1) is 5.41 Å². The number of halogens is 1. The molecule has 0 atom stereocenters. The predicted molar refractivity (Wildman–Crippen MR) is 68.7 cm³/mol. The molecule has 0 nitrogen and oxygen atoms in total. The van der Waals surface area contributed by atoms with E-state index in [1.54, 1.807) is 0 Å². The van der Waals surface area contributed by atoms with Gasteiger partial charge in [0.15, 0.2) is 0 Å². The number of hydrogen-bond donors (Lipinski definition) is 0. The van der Waals surface area contributed by atoms with E-state index in [-0.39, 0.29) is 0 Å². The van der Waals surface area contributed by atoms with Crippen molar-refractivity contribution in [1.29, 1.82) is 0 Å². The second-order valence-electron chi connectivity index (χ2n) is 5.75. The summed E-state index contributed by atoms with van der Waals surface area (Å²) in [6.07, 6.45) is 1.07. The smallest absolute Gasteiger partial charge is 0.0443 e. The van der Waals surface area contributed by atoms with E-state index in [9.17, 15) is 0 Å². The van der Waals surface area contributed by atoms with Crippen LogP contribution in [0.25, 0.3) is 0 Å². The van der Waals surface area contributed by atoms with Crippen LogP contribution in [0.4, 0.5) is 0 Å². The summed E-state index contributed by atoms with van der Waals surface area (Å²) in [6, 6.07) is 6.47. The Bertz CT molecular complexity index is 332. The van der Waals surface area contributed by atoms with E-state index in [0.29, 0.717) is 11.3 Å². The first kappa shape index (κ1) is 12.6. The van der Waals surface area contributed by atoms with Crippen LogP contribution in [0.5, 0.6) is 0 Å². The van der Waals surface area contributed by atoms with Gasteiger partial charge in [0.1, 0.15) is 0 Å².